The summed E-state index contributed by atoms with van der Waals surface area (Å²) in [5.74, 6) is 0.374. The molecule has 22 heavy (non-hydrogen) atoms. The largest absolute Gasteiger partial charge is 0.452 e. The number of aromatic nitrogens is 4. The monoisotopic (exact) mass is 294 g/mol. The summed E-state index contributed by atoms with van der Waals surface area (Å²) in [7, 11) is 0. The van der Waals surface area contributed by atoms with Crippen LogP contribution in [0.3, 0.4) is 0 Å². The van der Waals surface area contributed by atoms with Crippen molar-refractivity contribution in [3.8, 4) is 11.5 Å². The lowest BCUT2D eigenvalue weighted by Gasteiger charge is -2.17. The zero-order chi connectivity index (χ0) is 14.8. The summed E-state index contributed by atoms with van der Waals surface area (Å²) in [5.41, 5.74) is 1.62. The van der Waals surface area contributed by atoms with Crippen molar-refractivity contribution in [1.29, 1.82) is 0 Å². The molecule has 0 saturated carbocycles. The van der Waals surface area contributed by atoms with Gasteiger partial charge in [-0.15, -0.1) is 10.2 Å². The van der Waals surface area contributed by atoms with E-state index < -0.39 is 6.23 Å². The van der Waals surface area contributed by atoms with Crippen LogP contribution in [0.2, 0.25) is 0 Å². The van der Waals surface area contributed by atoms with E-state index in [1.54, 1.807) is 30.9 Å². The van der Waals surface area contributed by atoms with Gasteiger partial charge in [0.15, 0.2) is 6.40 Å². The molecular weight excluding hydrogens is 284 g/mol. The van der Waals surface area contributed by atoms with E-state index in [4.69, 9.17) is 9.15 Å². The maximum Gasteiger partial charge on any atom is 0.343 e. The Labute approximate surface area is 125 Å². The molecule has 4 heterocycles. The van der Waals surface area contributed by atoms with Gasteiger partial charge >= 0.3 is 6.01 Å². The van der Waals surface area contributed by atoms with Gasteiger partial charge in [-0.25, -0.2) is 0 Å². The van der Waals surface area contributed by atoms with E-state index in [9.17, 15) is 0 Å². The molecule has 1 aliphatic heterocycles. The quantitative estimate of drug-likeness (QED) is 0.729. The Morgan fingerprint density at radius 3 is 2.73 bits per heavy atom. The number of anilines is 1. The van der Waals surface area contributed by atoms with E-state index >= 15 is 0 Å². The molecule has 0 fully saturated rings. The normalized spacial score (nSPS) is 16.7. The van der Waals surface area contributed by atoms with Crippen LogP contribution in [-0.4, -0.2) is 26.6 Å². The van der Waals surface area contributed by atoms with Gasteiger partial charge in [0, 0.05) is 30.4 Å². The van der Waals surface area contributed by atoms with E-state index in [2.05, 4.69) is 25.3 Å². The maximum atomic E-state index is 5.66. The smallest absolute Gasteiger partial charge is 0.343 e. The van der Waals surface area contributed by atoms with Gasteiger partial charge < -0.3 is 9.15 Å². The Hall–Kier alpha value is -3.29. The lowest BCUT2D eigenvalue weighted by atomic mass is 10.2. The molecule has 1 unspecified atom stereocenters. The molecule has 0 spiro atoms. The summed E-state index contributed by atoms with van der Waals surface area (Å²) in [5, 5.41) is 13.7. The molecule has 1 atom stereocenters. The van der Waals surface area contributed by atoms with Crippen LogP contribution in [0.5, 0.6) is 0 Å². The summed E-state index contributed by atoms with van der Waals surface area (Å²) in [4.78, 5) is 8.01. The minimum Gasteiger partial charge on any atom is -0.452 e. The first-order valence-electron chi connectivity index (χ1n) is 6.53. The highest BCUT2D eigenvalue weighted by molar-refractivity contribution is 5.56. The van der Waals surface area contributed by atoms with Crippen LogP contribution in [0.1, 0.15) is 11.8 Å². The van der Waals surface area contributed by atoms with Crippen molar-refractivity contribution in [2.45, 2.75) is 6.23 Å². The molecule has 1 aliphatic rings. The van der Waals surface area contributed by atoms with Gasteiger partial charge in [0.05, 0.1) is 5.56 Å². The zero-order valence-electron chi connectivity index (χ0n) is 11.3. The Balaban J connectivity index is 1.64. The van der Waals surface area contributed by atoms with E-state index in [1.807, 2.05) is 18.2 Å². The highest BCUT2D eigenvalue weighted by Gasteiger charge is 2.30. The second kappa shape index (κ2) is 5.24. The summed E-state index contributed by atoms with van der Waals surface area (Å²) in [6.45, 7) is 0. The summed E-state index contributed by atoms with van der Waals surface area (Å²) in [6.07, 6.45) is 7.60. The maximum absolute atomic E-state index is 5.66. The molecule has 0 N–H and O–H groups in total. The molecule has 0 saturated heterocycles. The zero-order valence-corrected chi connectivity index (χ0v) is 11.3. The molecule has 3 aromatic rings. The van der Waals surface area contributed by atoms with Gasteiger partial charge in [-0.3, -0.25) is 9.97 Å². The Morgan fingerprint density at radius 1 is 1.00 bits per heavy atom. The minimum atomic E-state index is -0.454. The van der Waals surface area contributed by atoms with Crippen LogP contribution in [-0.2, 0) is 4.74 Å². The molecule has 8 nitrogen and oxygen atoms in total. The Kier molecular flexibility index (Phi) is 2.97. The van der Waals surface area contributed by atoms with Gasteiger partial charge in [0.2, 0.25) is 6.23 Å². The van der Waals surface area contributed by atoms with Crippen molar-refractivity contribution >= 4 is 12.4 Å². The van der Waals surface area contributed by atoms with Crippen molar-refractivity contribution in [1.82, 2.24) is 20.2 Å². The molecule has 0 amide bonds. The molecule has 0 bridgehead atoms. The predicted octanol–water partition coefficient (Wildman–Crippen LogP) is 2.01. The standard InChI is InChI=1S/C14H10N6O2/c1-2-11(8-16-5-1)12-18-19-14(22-12)20-13(21-9-17-20)10-3-6-15-7-4-10/h1-9,13H. The van der Waals surface area contributed by atoms with Crippen molar-refractivity contribution in [2.24, 2.45) is 5.10 Å². The van der Waals surface area contributed by atoms with Crippen LogP contribution >= 0.6 is 0 Å². The van der Waals surface area contributed by atoms with E-state index in [-0.39, 0.29) is 6.01 Å². The number of hydrogen-bond donors (Lipinski definition) is 0. The number of ether oxygens (including phenoxy) is 1. The average Bonchev–Trinajstić information content (AvgIpc) is 3.25. The van der Waals surface area contributed by atoms with Gasteiger partial charge in [-0.05, 0) is 24.3 Å². The molecule has 3 aromatic heterocycles. The molecule has 0 aliphatic carbocycles. The number of hydrazone groups is 1. The predicted molar refractivity (Wildman–Crippen MR) is 76.6 cm³/mol. The van der Waals surface area contributed by atoms with Crippen LogP contribution < -0.4 is 5.01 Å². The molecule has 108 valence electrons. The van der Waals surface area contributed by atoms with Crippen LogP contribution in [0.25, 0.3) is 11.5 Å². The number of rotatable bonds is 3. The van der Waals surface area contributed by atoms with E-state index in [0.717, 1.165) is 11.1 Å². The van der Waals surface area contributed by atoms with Gasteiger partial charge in [-0.2, -0.15) is 5.01 Å². The topological polar surface area (TPSA) is 89.5 Å². The van der Waals surface area contributed by atoms with Crippen molar-refractivity contribution in [3.05, 3.63) is 54.6 Å². The lowest BCUT2D eigenvalue weighted by Crippen LogP contribution is -2.20. The van der Waals surface area contributed by atoms with Gasteiger partial charge in [-0.1, -0.05) is 5.10 Å². The fourth-order valence-electron chi connectivity index (χ4n) is 2.07. The molecule has 8 heteroatoms. The third-order valence-corrected chi connectivity index (χ3v) is 3.09. The average molecular weight is 294 g/mol. The van der Waals surface area contributed by atoms with E-state index in [0.29, 0.717) is 5.89 Å². The number of pyridine rings is 2. The molecular formula is C14H10N6O2. The number of nitrogens with zero attached hydrogens (tertiary/aromatic N) is 6. The van der Waals surface area contributed by atoms with Gasteiger partial charge in [0.1, 0.15) is 0 Å². The highest BCUT2D eigenvalue weighted by atomic mass is 16.5. The van der Waals surface area contributed by atoms with Gasteiger partial charge in [0.25, 0.3) is 5.89 Å². The second-order valence-electron chi connectivity index (χ2n) is 4.47. The first-order chi connectivity index (χ1) is 10.9. The lowest BCUT2D eigenvalue weighted by molar-refractivity contribution is 0.220. The van der Waals surface area contributed by atoms with Crippen LogP contribution in [0.4, 0.5) is 6.01 Å². The molecule has 0 aromatic carbocycles. The third kappa shape index (κ3) is 2.16. The van der Waals surface area contributed by atoms with Crippen molar-refractivity contribution in [3.63, 3.8) is 0 Å². The van der Waals surface area contributed by atoms with Crippen molar-refractivity contribution < 1.29 is 9.15 Å². The van der Waals surface area contributed by atoms with Crippen LogP contribution in [0, 0.1) is 0 Å². The summed E-state index contributed by atoms with van der Waals surface area (Å²) < 4.78 is 11.1. The highest BCUT2D eigenvalue weighted by Crippen LogP contribution is 2.31. The first-order valence-corrected chi connectivity index (χ1v) is 6.53. The third-order valence-electron chi connectivity index (χ3n) is 3.09. The van der Waals surface area contributed by atoms with Crippen LogP contribution in [0.15, 0.2) is 58.6 Å². The summed E-state index contributed by atoms with van der Waals surface area (Å²) >= 11 is 0. The van der Waals surface area contributed by atoms with Crippen molar-refractivity contribution in [2.75, 3.05) is 5.01 Å². The number of hydrogen-bond acceptors (Lipinski definition) is 8. The molecule has 4 rings (SSSR count). The SMILES string of the molecule is C1=NN(c2nnc(-c3cccnc3)o2)C(c2ccncc2)O1. The fraction of sp³-hybridized carbons (Fsp3) is 0.0714. The minimum absolute atomic E-state index is 0.245. The first kappa shape index (κ1) is 12.5. The Morgan fingerprint density at radius 2 is 1.91 bits per heavy atom. The Bertz CT molecular complexity index is 789. The molecule has 0 radical (unpaired) electrons. The fourth-order valence-corrected chi connectivity index (χ4v) is 2.07. The second-order valence-corrected chi connectivity index (χ2v) is 4.47. The summed E-state index contributed by atoms with van der Waals surface area (Å²) in [6, 6.07) is 7.56. The van der Waals surface area contributed by atoms with E-state index in [1.165, 1.54) is 11.4 Å².